The van der Waals surface area contributed by atoms with Crippen LogP contribution in [0.25, 0.3) is 0 Å². The molecule has 0 radical (unpaired) electrons. The molecule has 0 aliphatic carbocycles. The molecule has 0 bridgehead atoms. The number of ether oxygens (including phenoxy) is 1. The summed E-state index contributed by atoms with van der Waals surface area (Å²) in [5.41, 5.74) is 7.32. The van der Waals surface area contributed by atoms with Crippen LogP contribution in [0.1, 0.15) is 19.4 Å². The number of carbonyl (C=O) groups is 1. The van der Waals surface area contributed by atoms with Gasteiger partial charge >= 0.3 is 5.97 Å². The van der Waals surface area contributed by atoms with Gasteiger partial charge in [-0.2, -0.15) is 0 Å². The predicted molar refractivity (Wildman–Crippen MR) is 84.5 cm³/mol. The number of benzene rings is 1. The molecular weight excluding hydrogens is 328 g/mol. The van der Waals surface area contributed by atoms with E-state index in [1.807, 2.05) is 36.9 Å². The van der Waals surface area contributed by atoms with Crippen LogP contribution in [0.2, 0.25) is 0 Å². The van der Waals surface area contributed by atoms with Gasteiger partial charge in [0.25, 0.3) is 0 Å². The average Bonchev–Trinajstić information content (AvgIpc) is 2.35. The van der Waals surface area contributed by atoms with Crippen molar-refractivity contribution in [2.24, 2.45) is 5.73 Å². The Hall–Kier alpha value is -1.14. The Morgan fingerprint density at radius 1 is 1.53 bits per heavy atom. The van der Waals surface area contributed by atoms with Gasteiger partial charge in [0.05, 0.1) is 7.11 Å². The van der Waals surface area contributed by atoms with Crippen molar-refractivity contribution in [1.29, 1.82) is 0 Å². The van der Waals surface area contributed by atoms with Crippen LogP contribution in [0, 0.1) is 0 Å². The molecule has 6 heteroatoms. The summed E-state index contributed by atoms with van der Waals surface area (Å²) in [5, 5.41) is 0. The summed E-state index contributed by atoms with van der Waals surface area (Å²) in [6, 6.07) is 5.75. The van der Waals surface area contributed by atoms with Gasteiger partial charge in [0.2, 0.25) is 0 Å². The summed E-state index contributed by atoms with van der Waals surface area (Å²) in [6.07, 6.45) is 0. The third-order valence-electron chi connectivity index (χ3n) is 2.68. The summed E-state index contributed by atoms with van der Waals surface area (Å²) in [6.45, 7) is 4.15. The number of rotatable bonds is 5. The molecule has 0 fully saturated rings. The first-order chi connectivity index (χ1) is 8.86. The van der Waals surface area contributed by atoms with Gasteiger partial charge in [-0.1, -0.05) is 28.1 Å². The van der Waals surface area contributed by atoms with Crippen LogP contribution < -0.4 is 10.6 Å². The number of anilines is 1. The highest BCUT2D eigenvalue weighted by Gasteiger charge is 2.19. The first-order valence-electron chi connectivity index (χ1n) is 5.79. The number of hydrogen-bond acceptors (Lipinski definition) is 4. The van der Waals surface area contributed by atoms with E-state index in [-0.39, 0.29) is 18.6 Å². The number of nitrogens with two attached hydrogens (primary N) is 1. The minimum absolute atomic E-state index is 0.119. The summed E-state index contributed by atoms with van der Waals surface area (Å²) < 4.78 is 5.61. The number of carbonyl (C=O) groups excluding carboxylic acids is 1. The van der Waals surface area contributed by atoms with Gasteiger partial charge in [0.15, 0.2) is 0 Å². The van der Waals surface area contributed by atoms with Gasteiger partial charge in [0.1, 0.15) is 11.5 Å². The van der Waals surface area contributed by atoms with Crippen LogP contribution in [0.5, 0.6) is 0 Å². The van der Waals surface area contributed by atoms with Crippen molar-refractivity contribution in [3.63, 3.8) is 0 Å². The Morgan fingerprint density at radius 3 is 2.63 bits per heavy atom. The first-order valence-corrected chi connectivity index (χ1v) is 6.99. The lowest BCUT2D eigenvalue weighted by atomic mass is 10.1. The fourth-order valence-corrected chi connectivity index (χ4v) is 2.23. The molecule has 0 saturated heterocycles. The van der Waals surface area contributed by atoms with Crippen LogP contribution in [-0.4, -0.2) is 30.7 Å². The highest BCUT2D eigenvalue weighted by Crippen LogP contribution is 2.26. The van der Waals surface area contributed by atoms with E-state index in [1.165, 1.54) is 7.11 Å². The molecule has 0 aromatic heterocycles. The summed E-state index contributed by atoms with van der Waals surface area (Å²) in [4.78, 5) is 13.7. The molecule has 1 rings (SSSR count). The normalized spacial score (nSPS) is 10.4. The number of hydrogen-bond donors (Lipinski definition) is 1. The summed E-state index contributed by atoms with van der Waals surface area (Å²) >= 11 is 8.46. The van der Waals surface area contributed by atoms with Gasteiger partial charge in [-0.15, -0.1) is 0 Å². The molecule has 1 aromatic rings. The van der Waals surface area contributed by atoms with Crippen molar-refractivity contribution in [2.75, 3.05) is 18.6 Å². The van der Waals surface area contributed by atoms with Crippen molar-refractivity contribution in [1.82, 2.24) is 0 Å². The monoisotopic (exact) mass is 344 g/mol. The van der Waals surface area contributed by atoms with E-state index in [4.69, 9.17) is 22.7 Å². The van der Waals surface area contributed by atoms with E-state index in [0.29, 0.717) is 4.99 Å². The van der Waals surface area contributed by atoms with Gasteiger partial charge < -0.3 is 15.4 Å². The zero-order valence-corrected chi connectivity index (χ0v) is 13.5. The molecule has 0 aliphatic rings. The van der Waals surface area contributed by atoms with Crippen LogP contribution in [0.3, 0.4) is 0 Å². The topological polar surface area (TPSA) is 55.6 Å². The molecule has 1 aromatic carbocycles. The summed E-state index contributed by atoms with van der Waals surface area (Å²) in [5.74, 6) is -0.300. The molecule has 4 nitrogen and oxygen atoms in total. The standard InChI is InChI=1S/C13H17BrN2O2S/c1-8(2)16(7-12(17)18-3)11-5-4-9(14)6-10(11)13(15)19/h4-6,8H,7H2,1-3H3,(H2,15,19). The van der Waals surface area contributed by atoms with Crippen molar-refractivity contribution in [3.8, 4) is 0 Å². The van der Waals surface area contributed by atoms with Gasteiger partial charge in [-0.25, -0.2) is 0 Å². The maximum Gasteiger partial charge on any atom is 0.325 e. The van der Waals surface area contributed by atoms with Crippen LogP contribution in [0.15, 0.2) is 22.7 Å². The van der Waals surface area contributed by atoms with E-state index in [2.05, 4.69) is 15.9 Å². The van der Waals surface area contributed by atoms with E-state index >= 15 is 0 Å². The maximum absolute atomic E-state index is 11.5. The molecule has 19 heavy (non-hydrogen) atoms. The Bertz CT molecular complexity index is 492. The van der Waals surface area contributed by atoms with Crippen LogP contribution >= 0.6 is 28.1 Å². The molecule has 0 unspecified atom stereocenters. The van der Waals surface area contributed by atoms with Crippen molar-refractivity contribution < 1.29 is 9.53 Å². The summed E-state index contributed by atoms with van der Waals surface area (Å²) in [7, 11) is 1.37. The fraction of sp³-hybridized carbons (Fsp3) is 0.385. The molecule has 0 spiro atoms. The second kappa shape index (κ2) is 6.86. The van der Waals surface area contributed by atoms with Crippen molar-refractivity contribution >= 4 is 44.8 Å². The third-order valence-corrected chi connectivity index (χ3v) is 3.40. The van der Waals surface area contributed by atoms with E-state index in [0.717, 1.165) is 15.7 Å². The quantitative estimate of drug-likeness (QED) is 0.656. The zero-order chi connectivity index (χ0) is 14.6. The molecule has 0 heterocycles. The van der Waals surface area contributed by atoms with E-state index in [9.17, 15) is 4.79 Å². The predicted octanol–water partition coefficient (Wildman–Crippen LogP) is 2.47. The van der Waals surface area contributed by atoms with E-state index < -0.39 is 0 Å². The third kappa shape index (κ3) is 4.18. The van der Waals surface area contributed by atoms with Crippen LogP contribution in [-0.2, 0) is 9.53 Å². The average molecular weight is 345 g/mol. The SMILES string of the molecule is COC(=O)CN(c1ccc(Br)cc1C(N)=S)C(C)C. The number of esters is 1. The van der Waals surface area contributed by atoms with Gasteiger partial charge in [-0.05, 0) is 32.0 Å². The number of nitrogens with zero attached hydrogens (tertiary/aromatic N) is 1. The number of thiocarbonyl (C=S) groups is 1. The Morgan fingerprint density at radius 2 is 2.16 bits per heavy atom. The Kier molecular flexibility index (Phi) is 5.75. The van der Waals surface area contributed by atoms with Crippen molar-refractivity contribution in [3.05, 3.63) is 28.2 Å². The number of halogens is 1. The molecule has 0 amide bonds. The highest BCUT2D eigenvalue weighted by molar-refractivity contribution is 9.10. The minimum atomic E-state index is -0.300. The largest absolute Gasteiger partial charge is 0.468 e. The van der Waals surface area contributed by atoms with E-state index in [1.54, 1.807) is 0 Å². The zero-order valence-electron chi connectivity index (χ0n) is 11.1. The lowest BCUT2D eigenvalue weighted by Crippen LogP contribution is -2.37. The van der Waals surface area contributed by atoms with Crippen LogP contribution in [0.4, 0.5) is 5.69 Å². The lowest BCUT2D eigenvalue weighted by Gasteiger charge is -2.29. The molecule has 2 N–H and O–H groups in total. The lowest BCUT2D eigenvalue weighted by molar-refractivity contribution is -0.139. The Labute approximate surface area is 127 Å². The highest BCUT2D eigenvalue weighted by atomic mass is 79.9. The second-order valence-corrected chi connectivity index (χ2v) is 5.68. The number of methoxy groups -OCH3 is 1. The maximum atomic E-state index is 11.5. The molecule has 0 saturated carbocycles. The Balaban J connectivity index is 3.22. The second-order valence-electron chi connectivity index (χ2n) is 4.32. The first kappa shape index (κ1) is 15.9. The molecule has 0 aliphatic heterocycles. The van der Waals surface area contributed by atoms with Crippen molar-refractivity contribution in [2.45, 2.75) is 19.9 Å². The smallest absolute Gasteiger partial charge is 0.325 e. The molecule has 0 atom stereocenters. The van der Waals surface area contributed by atoms with Gasteiger partial charge in [-0.3, -0.25) is 4.79 Å². The fourth-order valence-electron chi connectivity index (χ4n) is 1.71. The van der Waals surface area contributed by atoms with Gasteiger partial charge in [0, 0.05) is 21.8 Å². The molecule has 104 valence electrons. The molecular formula is C13H17BrN2O2S. The minimum Gasteiger partial charge on any atom is -0.468 e.